The first-order valence-electron chi connectivity index (χ1n) is 11.0. The minimum Gasteiger partial charge on any atom is -0.0620 e. The summed E-state index contributed by atoms with van der Waals surface area (Å²) in [6, 6.07) is 17.6. The summed E-state index contributed by atoms with van der Waals surface area (Å²) in [7, 11) is 0. The van der Waals surface area contributed by atoms with Crippen molar-refractivity contribution < 1.29 is 19.4 Å². The van der Waals surface area contributed by atoms with E-state index in [1.54, 1.807) is 45.5 Å². The van der Waals surface area contributed by atoms with Gasteiger partial charge in [-0.3, -0.25) is 0 Å². The molecule has 2 aromatic carbocycles. The van der Waals surface area contributed by atoms with Crippen molar-refractivity contribution in [3.05, 3.63) is 70.8 Å². The van der Waals surface area contributed by atoms with E-state index in [2.05, 4.69) is 76.2 Å². The third kappa shape index (κ3) is 10.5. The van der Waals surface area contributed by atoms with Crippen molar-refractivity contribution in [3.8, 4) is 0 Å². The normalized spacial score (nSPS) is 14.6. The number of hydrogen-bond donors (Lipinski definition) is 0. The van der Waals surface area contributed by atoms with Crippen molar-refractivity contribution in [3.63, 3.8) is 0 Å². The zero-order chi connectivity index (χ0) is 21.0. The van der Waals surface area contributed by atoms with E-state index in [1.165, 1.54) is 44.9 Å². The number of fused-ring (bicyclic) bond motifs is 2. The van der Waals surface area contributed by atoms with Gasteiger partial charge in [0.05, 0.1) is 0 Å². The molecular weight excluding hydrogens is 508 g/mol. The van der Waals surface area contributed by atoms with E-state index in [-0.39, 0.29) is 0 Å². The Kier molecular flexibility index (Phi) is 11.9. The molecule has 0 fully saturated rings. The first-order chi connectivity index (χ1) is 13.3. The van der Waals surface area contributed by atoms with Crippen molar-refractivity contribution in [2.75, 3.05) is 0 Å². The summed E-state index contributed by atoms with van der Waals surface area (Å²) < 4.78 is 1.71. The fraction of sp³-hybridized carbons (Fsp3) is 0.519. The van der Waals surface area contributed by atoms with Crippen molar-refractivity contribution >= 4 is 3.90 Å². The third-order valence-corrected chi connectivity index (χ3v) is 5.69. The van der Waals surface area contributed by atoms with E-state index in [0.29, 0.717) is 5.41 Å². The maximum absolute atomic E-state index is 2.26. The van der Waals surface area contributed by atoms with E-state index < -0.39 is 0 Å². The van der Waals surface area contributed by atoms with Crippen LogP contribution in [0.1, 0.15) is 83.1 Å². The number of benzene rings is 2. The summed E-state index contributed by atoms with van der Waals surface area (Å²) in [6.07, 6.45) is 9.22. The fourth-order valence-electron chi connectivity index (χ4n) is 3.22. The Morgan fingerprint density at radius 2 is 0.964 bits per heavy atom. The van der Waals surface area contributed by atoms with Crippen LogP contribution in [0.2, 0.25) is 0 Å². The molecule has 0 saturated heterocycles. The average Bonchev–Trinajstić information content (AvgIpc) is 2.69. The minimum absolute atomic E-state index is 0.500. The number of aryl methyl sites for hydroxylation is 3. The monoisotopic (exact) mass is 548 g/mol. The number of hydrogen-bond acceptors (Lipinski definition) is 0. The van der Waals surface area contributed by atoms with Gasteiger partial charge in [0, 0.05) is 0 Å². The summed E-state index contributed by atoms with van der Waals surface area (Å²) >= 11 is 1.68. The first kappa shape index (κ1) is 25.0. The van der Waals surface area contributed by atoms with E-state index in [0.717, 1.165) is 0 Å². The average molecular weight is 548 g/mol. The molecule has 0 spiro atoms. The minimum atomic E-state index is 0.500. The molecule has 1 heteroatoms. The molecule has 0 radical (unpaired) electrons. The molecule has 0 saturated carbocycles. The topological polar surface area (TPSA) is 0 Å². The van der Waals surface area contributed by atoms with Crippen LogP contribution in [0.5, 0.6) is 0 Å². The van der Waals surface area contributed by atoms with Gasteiger partial charge in [0.15, 0.2) is 0 Å². The fourth-order valence-corrected chi connectivity index (χ4v) is 4.15. The molecule has 28 heavy (non-hydrogen) atoms. The quantitative estimate of drug-likeness (QED) is 0.319. The van der Waals surface area contributed by atoms with E-state index in [4.69, 9.17) is 0 Å². The van der Waals surface area contributed by atoms with Gasteiger partial charge >= 0.3 is 77.9 Å². The summed E-state index contributed by atoms with van der Waals surface area (Å²) in [5.74, 6) is 0. The Hall–Kier alpha value is -1.00. The predicted molar refractivity (Wildman–Crippen MR) is 123 cm³/mol. The molecule has 0 aromatic heterocycles. The van der Waals surface area contributed by atoms with Crippen molar-refractivity contribution in [1.29, 1.82) is 0 Å². The molecule has 4 rings (SSSR count). The molecule has 0 amide bonds. The largest absolute Gasteiger partial charge is 0.0620 e. The second-order valence-corrected chi connectivity index (χ2v) is 11.0. The molecule has 0 bridgehead atoms. The molecular formula is C27H40W. The first-order valence-corrected chi connectivity index (χ1v) is 12.4. The standard InChI is InChI=1S/C10H12.C10H10.C5H12.C2H6.W/c2*1-2-6-10-8-4-3-7-9(10)5-1;1-5(2,3)4;1-2;/h1-2,5-6H,3-4,7-8H2;1-2,5-6H,3,7-8H2;1-4H3;1-2H3;. The van der Waals surface area contributed by atoms with Crippen LogP contribution in [0.3, 0.4) is 0 Å². The van der Waals surface area contributed by atoms with Gasteiger partial charge < -0.3 is 0 Å². The van der Waals surface area contributed by atoms with Crippen LogP contribution >= 0.6 is 0 Å². The van der Waals surface area contributed by atoms with E-state index in [9.17, 15) is 0 Å². The molecule has 2 aromatic rings. The van der Waals surface area contributed by atoms with Crippen LogP contribution < -0.4 is 0 Å². The summed E-state index contributed by atoms with van der Waals surface area (Å²) in [5.41, 5.74) is 6.78. The number of rotatable bonds is 0. The molecule has 2 aliphatic rings. The van der Waals surface area contributed by atoms with Gasteiger partial charge in [-0.1, -0.05) is 65.8 Å². The van der Waals surface area contributed by atoms with Crippen LogP contribution in [-0.4, -0.2) is 3.90 Å². The SMILES string of the molecule is CC.CC(C)(C)C.[W]=[C]1CCc2ccccc2C1.c1ccc2c(c1)CCCC2. The molecule has 0 atom stereocenters. The van der Waals surface area contributed by atoms with Gasteiger partial charge in [0.25, 0.3) is 0 Å². The Balaban J connectivity index is 0.000000214. The van der Waals surface area contributed by atoms with Crippen LogP contribution in [-0.2, 0) is 45.0 Å². The Bertz CT molecular complexity index is 675. The molecule has 2 aliphatic carbocycles. The second kappa shape index (κ2) is 13.3. The van der Waals surface area contributed by atoms with Gasteiger partial charge in [-0.25, -0.2) is 0 Å². The van der Waals surface area contributed by atoms with Crippen LogP contribution in [0.4, 0.5) is 0 Å². The molecule has 0 unspecified atom stereocenters. The third-order valence-electron chi connectivity index (χ3n) is 4.44. The van der Waals surface area contributed by atoms with Crippen LogP contribution in [0.15, 0.2) is 48.5 Å². The van der Waals surface area contributed by atoms with E-state index >= 15 is 0 Å². The van der Waals surface area contributed by atoms with Crippen molar-refractivity contribution in [2.24, 2.45) is 5.41 Å². The van der Waals surface area contributed by atoms with E-state index in [1.807, 2.05) is 13.8 Å². The smallest absolute Gasteiger partial charge is 0.0276 e. The molecule has 154 valence electrons. The maximum atomic E-state index is 2.26. The second-order valence-electron chi connectivity index (χ2n) is 8.96. The molecule has 0 heterocycles. The van der Waals surface area contributed by atoms with Gasteiger partial charge in [0.1, 0.15) is 0 Å². The van der Waals surface area contributed by atoms with Crippen molar-refractivity contribution in [2.45, 2.75) is 86.5 Å². The van der Waals surface area contributed by atoms with Crippen LogP contribution in [0, 0.1) is 5.41 Å². The Labute approximate surface area is 185 Å². The van der Waals surface area contributed by atoms with Gasteiger partial charge in [0.2, 0.25) is 0 Å². The summed E-state index contributed by atoms with van der Waals surface area (Å²) in [5, 5.41) is 0. The molecule has 0 N–H and O–H groups in total. The zero-order valence-electron chi connectivity index (χ0n) is 19.0. The van der Waals surface area contributed by atoms with Gasteiger partial charge in [-0.15, -0.1) is 0 Å². The maximum Gasteiger partial charge on any atom is -0.0276 e. The van der Waals surface area contributed by atoms with Crippen molar-refractivity contribution in [1.82, 2.24) is 0 Å². The summed E-state index contributed by atoms with van der Waals surface area (Å²) in [6.45, 7) is 12.8. The van der Waals surface area contributed by atoms with Gasteiger partial charge in [-0.05, 0) is 42.2 Å². The zero-order valence-corrected chi connectivity index (χ0v) is 21.9. The molecule has 0 aliphatic heterocycles. The summed E-state index contributed by atoms with van der Waals surface area (Å²) in [4.78, 5) is 0. The van der Waals surface area contributed by atoms with Crippen LogP contribution in [0.25, 0.3) is 0 Å². The predicted octanol–water partition coefficient (Wildman–Crippen LogP) is 7.54. The van der Waals surface area contributed by atoms with Gasteiger partial charge in [-0.2, -0.15) is 0 Å². The Morgan fingerprint density at radius 1 is 0.607 bits per heavy atom. The molecule has 0 nitrogen and oxygen atoms in total. The Morgan fingerprint density at radius 3 is 1.39 bits per heavy atom.